The number of hydrogen-bond donors (Lipinski definition) is 0. The van der Waals surface area contributed by atoms with Gasteiger partial charge in [-0.05, 0) is 48.6 Å². The molecule has 0 bridgehead atoms. The smallest absolute Gasteiger partial charge is 0.0406 e. The van der Waals surface area contributed by atoms with Crippen molar-refractivity contribution in [1.82, 2.24) is 0 Å². The first-order valence-electron chi connectivity index (χ1n) is 6.88. The Labute approximate surface area is 119 Å². The highest BCUT2D eigenvalue weighted by Crippen LogP contribution is 2.30. The molecule has 0 unspecified atom stereocenters. The van der Waals surface area contributed by atoms with Gasteiger partial charge in [-0.2, -0.15) is 0 Å². The molecule has 0 aliphatic carbocycles. The lowest BCUT2D eigenvalue weighted by Gasteiger charge is -2.33. The van der Waals surface area contributed by atoms with Crippen molar-refractivity contribution in [1.29, 1.82) is 0 Å². The Balaban J connectivity index is 1.65. The van der Waals surface area contributed by atoms with E-state index in [0.717, 1.165) is 18.1 Å². The van der Waals surface area contributed by atoms with Crippen molar-refractivity contribution in [3.05, 3.63) is 65.2 Å². The van der Waals surface area contributed by atoms with Crippen molar-refractivity contribution in [3.63, 3.8) is 0 Å². The van der Waals surface area contributed by atoms with Gasteiger partial charge in [-0.1, -0.05) is 41.9 Å². The number of hydrogen-bond acceptors (Lipinski definition) is 1. The van der Waals surface area contributed by atoms with E-state index in [0.29, 0.717) is 5.92 Å². The normalized spacial score (nSPS) is 16.6. The number of halogens is 1. The Morgan fingerprint density at radius 3 is 2.11 bits per heavy atom. The Kier molecular flexibility index (Phi) is 3.74. The average molecular weight is 272 g/mol. The molecule has 1 nitrogen and oxygen atoms in total. The van der Waals surface area contributed by atoms with E-state index in [9.17, 15) is 0 Å². The van der Waals surface area contributed by atoms with Crippen LogP contribution in [0.4, 0.5) is 5.69 Å². The van der Waals surface area contributed by atoms with E-state index in [-0.39, 0.29) is 0 Å². The maximum Gasteiger partial charge on any atom is 0.0406 e. The molecule has 0 spiro atoms. The Bertz CT molecular complexity index is 513. The second-order valence-electron chi connectivity index (χ2n) is 5.15. The van der Waals surface area contributed by atoms with Gasteiger partial charge in [0.05, 0.1) is 0 Å². The largest absolute Gasteiger partial charge is 0.371 e. The molecule has 2 heteroatoms. The molecule has 98 valence electrons. The molecule has 0 N–H and O–H groups in total. The summed E-state index contributed by atoms with van der Waals surface area (Å²) in [6.45, 7) is 2.27. The summed E-state index contributed by atoms with van der Waals surface area (Å²) >= 11 is 5.95. The van der Waals surface area contributed by atoms with Gasteiger partial charge in [0.25, 0.3) is 0 Å². The number of rotatable bonds is 2. The highest BCUT2D eigenvalue weighted by atomic mass is 35.5. The van der Waals surface area contributed by atoms with Crippen LogP contribution in [0.3, 0.4) is 0 Å². The summed E-state index contributed by atoms with van der Waals surface area (Å²) in [6, 6.07) is 19.0. The van der Waals surface area contributed by atoms with Crippen LogP contribution in [-0.4, -0.2) is 13.1 Å². The number of piperidine rings is 1. The number of anilines is 1. The van der Waals surface area contributed by atoms with Gasteiger partial charge in [0.15, 0.2) is 0 Å². The third kappa shape index (κ3) is 2.93. The molecule has 1 aliphatic rings. The monoisotopic (exact) mass is 271 g/mol. The van der Waals surface area contributed by atoms with Crippen LogP contribution in [0, 0.1) is 0 Å². The van der Waals surface area contributed by atoms with Crippen molar-refractivity contribution in [2.24, 2.45) is 0 Å². The second kappa shape index (κ2) is 5.66. The van der Waals surface area contributed by atoms with E-state index < -0.39 is 0 Å². The zero-order valence-electron chi connectivity index (χ0n) is 10.9. The van der Waals surface area contributed by atoms with Gasteiger partial charge in [-0.15, -0.1) is 0 Å². The summed E-state index contributed by atoms with van der Waals surface area (Å²) in [6.07, 6.45) is 2.44. The van der Waals surface area contributed by atoms with Gasteiger partial charge in [0, 0.05) is 23.8 Å². The van der Waals surface area contributed by atoms with Crippen molar-refractivity contribution in [2.75, 3.05) is 18.0 Å². The van der Waals surface area contributed by atoms with E-state index >= 15 is 0 Å². The fourth-order valence-electron chi connectivity index (χ4n) is 2.84. The number of para-hydroxylation sites is 1. The predicted octanol–water partition coefficient (Wildman–Crippen LogP) is 4.72. The molecule has 2 aromatic carbocycles. The minimum atomic E-state index is 0.678. The highest BCUT2D eigenvalue weighted by molar-refractivity contribution is 6.30. The molecule has 0 aromatic heterocycles. The molecule has 1 fully saturated rings. The highest BCUT2D eigenvalue weighted by Gasteiger charge is 2.20. The Morgan fingerprint density at radius 2 is 1.47 bits per heavy atom. The van der Waals surface area contributed by atoms with Crippen LogP contribution in [0.25, 0.3) is 0 Å². The third-order valence-corrected chi connectivity index (χ3v) is 4.21. The molecule has 1 aliphatic heterocycles. The van der Waals surface area contributed by atoms with E-state index in [4.69, 9.17) is 11.6 Å². The van der Waals surface area contributed by atoms with Gasteiger partial charge in [0.2, 0.25) is 0 Å². The van der Waals surface area contributed by atoms with Gasteiger partial charge in [0.1, 0.15) is 0 Å². The van der Waals surface area contributed by atoms with Crippen LogP contribution < -0.4 is 4.90 Å². The standard InChI is InChI=1S/C17H18ClN/c18-16-8-6-14(7-9-16)15-10-12-19(13-11-15)17-4-2-1-3-5-17/h1-9,15H,10-13H2. The second-order valence-corrected chi connectivity index (χ2v) is 5.58. The first-order valence-corrected chi connectivity index (χ1v) is 7.26. The maximum absolute atomic E-state index is 5.95. The van der Waals surface area contributed by atoms with Crippen molar-refractivity contribution in [2.45, 2.75) is 18.8 Å². The average Bonchev–Trinajstić information content (AvgIpc) is 2.49. The maximum atomic E-state index is 5.95. The van der Waals surface area contributed by atoms with E-state index in [1.165, 1.54) is 24.1 Å². The number of nitrogens with zero attached hydrogens (tertiary/aromatic N) is 1. The Hall–Kier alpha value is -1.47. The van der Waals surface area contributed by atoms with Gasteiger partial charge in [-0.3, -0.25) is 0 Å². The minimum absolute atomic E-state index is 0.678. The van der Waals surface area contributed by atoms with Crippen LogP contribution in [-0.2, 0) is 0 Å². The fraction of sp³-hybridized carbons (Fsp3) is 0.294. The molecule has 19 heavy (non-hydrogen) atoms. The molecule has 0 amide bonds. The third-order valence-electron chi connectivity index (χ3n) is 3.96. The molecule has 0 saturated carbocycles. The summed E-state index contributed by atoms with van der Waals surface area (Å²) in [5, 5.41) is 0.825. The zero-order valence-corrected chi connectivity index (χ0v) is 11.7. The molecule has 2 aromatic rings. The summed E-state index contributed by atoms with van der Waals surface area (Å²) < 4.78 is 0. The molecule has 0 atom stereocenters. The molecule has 1 heterocycles. The fourth-order valence-corrected chi connectivity index (χ4v) is 2.97. The molecular formula is C17H18ClN. The van der Waals surface area contributed by atoms with E-state index in [1.807, 2.05) is 12.1 Å². The van der Waals surface area contributed by atoms with E-state index in [1.54, 1.807) is 0 Å². The van der Waals surface area contributed by atoms with Gasteiger partial charge >= 0.3 is 0 Å². The minimum Gasteiger partial charge on any atom is -0.371 e. The lowest BCUT2D eigenvalue weighted by atomic mass is 9.89. The van der Waals surface area contributed by atoms with Crippen LogP contribution in [0.1, 0.15) is 24.3 Å². The Morgan fingerprint density at radius 1 is 0.842 bits per heavy atom. The lowest BCUT2D eigenvalue weighted by molar-refractivity contribution is 0.505. The molecule has 3 rings (SSSR count). The molecular weight excluding hydrogens is 254 g/mol. The summed E-state index contributed by atoms with van der Waals surface area (Å²) in [5.74, 6) is 0.678. The zero-order chi connectivity index (χ0) is 13.1. The van der Waals surface area contributed by atoms with Crippen molar-refractivity contribution >= 4 is 17.3 Å². The molecule has 1 saturated heterocycles. The first kappa shape index (κ1) is 12.6. The SMILES string of the molecule is Clc1ccc(C2CCN(c3ccccc3)CC2)cc1. The first-order chi connectivity index (χ1) is 9.33. The summed E-state index contributed by atoms with van der Waals surface area (Å²) in [5.41, 5.74) is 2.77. The topological polar surface area (TPSA) is 3.24 Å². The van der Waals surface area contributed by atoms with Crippen molar-refractivity contribution < 1.29 is 0 Å². The summed E-state index contributed by atoms with van der Waals surface area (Å²) in [7, 11) is 0. The quantitative estimate of drug-likeness (QED) is 0.764. The van der Waals surface area contributed by atoms with Crippen LogP contribution in [0.15, 0.2) is 54.6 Å². The number of benzene rings is 2. The lowest BCUT2D eigenvalue weighted by Crippen LogP contribution is -2.32. The van der Waals surface area contributed by atoms with Gasteiger partial charge < -0.3 is 4.90 Å². The van der Waals surface area contributed by atoms with Crippen LogP contribution in [0.5, 0.6) is 0 Å². The van der Waals surface area contributed by atoms with Crippen LogP contribution in [0.2, 0.25) is 5.02 Å². The predicted molar refractivity (Wildman–Crippen MR) is 82.1 cm³/mol. The van der Waals surface area contributed by atoms with Crippen molar-refractivity contribution in [3.8, 4) is 0 Å². The van der Waals surface area contributed by atoms with E-state index in [2.05, 4.69) is 47.4 Å². The molecule has 0 radical (unpaired) electrons. The van der Waals surface area contributed by atoms with Gasteiger partial charge in [-0.25, -0.2) is 0 Å². The summed E-state index contributed by atoms with van der Waals surface area (Å²) in [4.78, 5) is 2.48. The van der Waals surface area contributed by atoms with Crippen LogP contribution >= 0.6 is 11.6 Å².